The monoisotopic (exact) mass is 282 g/mol. The molecule has 0 saturated heterocycles. The van der Waals surface area contributed by atoms with Crippen LogP contribution in [-0.4, -0.2) is 11.6 Å². The average molecular weight is 282 g/mol. The molecule has 1 heterocycles. The van der Waals surface area contributed by atoms with E-state index in [1.54, 1.807) is 11.3 Å². The van der Waals surface area contributed by atoms with Crippen molar-refractivity contribution in [2.45, 2.75) is 70.4 Å². The molecular weight excluding hydrogens is 256 g/mol. The summed E-state index contributed by atoms with van der Waals surface area (Å²) in [5, 5.41) is 3.28. The second-order valence-corrected chi connectivity index (χ2v) is 6.39. The number of ether oxygens (including phenoxy) is 1. The number of rotatable bonds is 6. The Hall–Kier alpha value is -0.450. The molecule has 0 amide bonds. The van der Waals surface area contributed by atoms with E-state index in [0.29, 0.717) is 0 Å². The van der Waals surface area contributed by atoms with Crippen LogP contribution in [0.25, 0.3) is 0 Å². The molecule has 0 radical (unpaired) electrons. The largest absolute Gasteiger partial charge is 0.368 e. The Bertz CT molecular complexity index is 406. The molecule has 0 atom stereocenters. The Kier molecular flexibility index (Phi) is 4.64. The molecule has 3 nitrogen and oxygen atoms in total. The average Bonchev–Trinajstić information content (AvgIpc) is 3.07. The fourth-order valence-corrected chi connectivity index (χ4v) is 4.11. The van der Waals surface area contributed by atoms with Crippen LogP contribution in [0.5, 0.6) is 0 Å². The van der Waals surface area contributed by atoms with Gasteiger partial charge in [-0.15, -0.1) is 11.3 Å². The summed E-state index contributed by atoms with van der Waals surface area (Å²) in [6.45, 7) is 7.09. The maximum Gasteiger partial charge on any atom is 0.125 e. The minimum Gasteiger partial charge on any atom is -0.368 e. The molecule has 1 fully saturated rings. The van der Waals surface area contributed by atoms with Crippen LogP contribution >= 0.6 is 11.3 Å². The summed E-state index contributed by atoms with van der Waals surface area (Å²) in [6.07, 6.45) is 6.53. The highest BCUT2D eigenvalue weighted by Crippen LogP contribution is 2.44. The van der Waals surface area contributed by atoms with E-state index >= 15 is 0 Å². The van der Waals surface area contributed by atoms with E-state index in [9.17, 15) is 0 Å². The first-order chi connectivity index (χ1) is 9.10. The van der Waals surface area contributed by atoms with Crippen LogP contribution in [0.3, 0.4) is 0 Å². The fourth-order valence-electron chi connectivity index (χ4n) is 2.97. The maximum atomic E-state index is 6.45. The van der Waals surface area contributed by atoms with Gasteiger partial charge in [0, 0.05) is 12.0 Å². The molecule has 0 aliphatic heterocycles. The first-order valence-corrected chi connectivity index (χ1v) is 8.37. The lowest BCUT2D eigenvalue weighted by Crippen LogP contribution is -2.36. The normalized spacial score (nSPS) is 18.9. The maximum absolute atomic E-state index is 6.45. The number of nitrogens with zero attached hydrogens (tertiary/aromatic N) is 1. The van der Waals surface area contributed by atoms with Crippen molar-refractivity contribution in [3.05, 3.63) is 16.1 Å². The summed E-state index contributed by atoms with van der Waals surface area (Å²) < 4.78 is 6.08. The quantitative estimate of drug-likeness (QED) is 0.860. The van der Waals surface area contributed by atoms with Crippen molar-refractivity contribution in [2.24, 2.45) is 5.73 Å². The van der Waals surface area contributed by atoms with Crippen molar-refractivity contribution < 1.29 is 4.74 Å². The minimum absolute atomic E-state index is 0.125. The minimum atomic E-state index is -0.277. The van der Waals surface area contributed by atoms with E-state index in [2.05, 4.69) is 26.2 Å². The highest BCUT2D eigenvalue weighted by molar-refractivity contribution is 7.09. The zero-order valence-electron chi connectivity index (χ0n) is 12.4. The van der Waals surface area contributed by atoms with Crippen molar-refractivity contribution >= 4 is 11.3 Å². The molecule has 0 bridgehead atoms. The first kappa shape index (κ1) is 14.9. The van der Waals surface area contributed by atoms with Gasteiger partial charge in [0.25, 0.3) is 0 Å². The number of thiazole rings is 1. The zero-order valence-corrected chi connectivity index (χ0v) is 13.2. The lowest BCUT2D eigenvalue weighted by Gasteiger charge is -2.27. The van der Waals surface area contributed by atoms with E-state index in [1.165, 1.54) is 12.8 Å². The second kappa shape index (κ2) is 5.90. The molecule has 1 aliphatic carbocycles. The topological polar surface area (TPSA) is 48.1 Å². The zero-order chi connectivity index (χ0) is 13.9. The predicted molar refractivity (Wildman–Crippen MR) is 80.3 cm³/mol. The Balaban J connectivity index is 2.29. The third-order valence-corrected chi connectivity index (χ3v) is 5.53. The van der Waals surface area contributed by atoms with Gasteiger partial charge < -0.3 is 10.5 Å². The predicted octanol–water partition coefficient (Wildman–Crippen LogP) is 3.92. The molecule has 19 heavy (non-hydrogen) atoms. The number of hydrogen-bond donors (Lipinski definition) is 1. The van der Waals surface area contributed by atoms with Gasteiger partial charge in [0.2, 0.25) is 0 Å². The molecular formula is C15H26N2OS. The molecule has 0 unspecified atom stereocenters. The van der Waals surface area contributed by atoms with E-state index in [4.69, 9.17) is 15.5 Å². The molecule has 1 aromatic rings. The van der Waals surface area contributed by atoms with Gasteiger partial charge in [-0.1, -0.05) is 26.7 Å². The van der Waals surface area contributed by atoms with Crippen LogP contribution in [0.2, 0.25) is 0 Å². The van der Waals surface area contributed by atoms with Gasteiger partial charge in [-0.2, -0.15) is 0 Å². The van der Waals surface area contributed by atoms with Crippen LogP contribution in [0, 0.1) is 0 Å². The molecule has 108 valence electrons. The van der Waals surface area contributed by atoms with Gasteiger partial charge in [-0.05, 0) is 32.6 Å². The first-order valence-electron chi connectivity index (χ1n) is 7.49. The molecule has 1 saturated carbocycles. The molecule has 1 aromatic heterocycles. The van der Waals surface area contributed by atoms with Crippen LogP contribution in [0.15, 0.2) is 5.38 Å². The Morgan fingerprint density at radius 2 is 1.95 bits per heavy atom. The van der Waals surface area contributed by atoms with E-state index in [0.717, 1.165) is 43.0 Å². The highest BCUT2D eigenvalue weighted by atomic mass is 32.1. The van der Waals surface area contributed by atoms with Crippen LogP contribution in [0.1, 0.15) is 70.0 Å². The van der Waals surface area contributed by atoms with E-state index in [-0.39, 0.29) is 11.1 Å². The summed E-state index contributed by atoms with van der Waals surface area (Å²) in [4.78, 5) is 4.87. The van der Waals surface area contributed by atoms with Gasteiger partial charge in [0.1, 0.15) is 10.6 Å². The Morgan fingerprint density at radius 1 is 1.32 bits per heavy atom. The summed E-state index contributed by atoms with van der Waals surface area (Å²) in [6, 6.07) is 0. The van der Waals surface area contributed by atoms with Gasteiger partial charge in [0.15, 0.2) is 0 Å². The fraction of sp³-hybridized carbons (Fsp3) is 0.800. The van der Waals surface area contributed by atoms with Crippen LogP contribution in [0.4, 0.5) is 0 Å². The van der Waals surface area contributed by atoms with Crippen molar-refractivity contribution in [1.82, 2.24) is 4.98 Å². The molecule has 1 aliphatic rings. The third-order valence-electron chi connectivity index (χ3n) is 4.50. The summed E-state index contributed by atoms with van der Waals surface area (Å²) >= 11 is 1.73. The summed E-state index contributed by atoms with van der Waals surface area (Å²) in [5.74, 6) is 0. The third kappa shape index (κ3) is 2.71. The number of hydrogen-bond acceptors (Lipinski definition) is 4. The number of aromatic nitrogens is 1. The van der Waals surface area contributed by atoms with Crippen LogP contribution < -0.4 is 5.73 Å². The van der Waals surface area contributed by atoms with Crippen molar-refractivity contribution in [1.29, 1.82) is 0 Å². The Morgan fingerprint density at radius 3 is 2.47 bits per heavy atom. The van der Waals surface area contributed by atoms with Gasteiger partial charge in [-0.3, -0.25) is 0 Å². The second-order valence-electron chi connectivity index (χ2n) is 5.54. The van der Waals surface area contributed by atoms with Crippen molar-refractivity contribution in [3.63, 3.8) is 0 Å². The SMILES string of the molecule is CCOC1(c2nc(C(N)(CC)CC)cs2)CCCC1. The summed E-state index contributed by atoms with van der Waals surface area (Å²) in [5.41, 5.74) is 7.09. The van der Waals surface area contributed by atoms with Gasteiger partial charge in [-0.25, -0.2) is 4.98 Å². The number of nitrogens with two attached hydrogens (primary N) is 1. The molecule has 0 aromatic carbocycles. The highest BCUT2D eigenvalue weighted by Gasteiger charge is 2.40. The summed E-state index contributed by atoms with van der Waals surface area (Å²) in [7, 11) is 0. The van der Waals surface area contributed by atoms with Crippen molar-refractivity contribution in [2.75, 3.05) is 6.61 Å². The van der Waals surface area contributed by atoms with E-state index < -0.39 is 0 Å². The molecule has 2 rings (SSSR count). The van der Waals surface area contributed by atoms with E-state index in [1.807, 2.05) is 0 Å². The van der Waals surface area contributed by atoms with Crippen molar-refractivity contribution in [3.8, 4) is 0 Å². The lowest BCUT2D eigenvalue weighted by molar-refractivity contribution is -0.0393. The molecule has 4 heteroatoms. The molecule has 2 N–H and O–H groups in total. The lowest BCUT2D eigenvalue weighted by atomic mass is 9.91. The van der Waals surface area contributed by atoms with Gasteiger partial charge >= 0.3 is 0 Å². The smallest absolute Gasteiger partial charge is 0.125 e. The Labute approximate surface area is 120 Å². The standard InChI is InChI=1S/C15H26N2OS/c1-4-14(16,5-2)12-11-19-13(17-12)15(18-6-3)9-7-8-10-15/h11H,4-10,16H2,1-3H3. The molecule has 0 spiro atoms. The van der Waals surface area contributed by atoms with Crippen LogP contribution in [-0.2, 0) is 15.9 Å². The van der Waals surface area contributed by atoms with Gasteiger partial charge in [0.05, 0.1) is 11.2 Å².